The Morgan fingerprint density at radius 1 is 1.29 bits per heavy atom. The number of hydrogen-bond donors (Lipinski definition) is 2. The highest BCUT2D eigenvalue weighted by Crippen LogP contribution is 2.27. The van der Waals surface area contributed by atoms with E-state index < -0.39 is 0 Å². The van der Waals surface area contributed by atoms with Gasteiger partial charge in [-0.25, -0.2) is 4.98 Å². The van der Waals surface area contributed by atoms with Crippen LogP contribution in [-0.2, 0) is 11.2 Å². The van der Waals surface area contributed by atoms with Crippen molar-refractivity contribution in [2.24, 2.45) is 0 Å². The van der Waals surface area contributed by atoms with Crippen molar-refractivity contribution in [3.8, 4) is 22.1 Å². The largest absolute Gasteiger partial charge is 0.339 e. The smallest absolute Gasteiger partial charge is 0.226 e. The van der Waals surface area contributed by atoms with Crippen LogP contribution in [0.15, 0.2) is 46.6 Å². The summed E-state index contributed by atoms with van der Waals surface area (Å²) in [6, 6.07) is 7.20. The molecule has 3 heterocycles. The van der Waals surface area contributed by atoms with Crippen molar-refractivity contribution in [2.75, 3.05) is 5.32 Å². The molecule has 0 spiro atoms. The molecule has 28 heavy (non-hydrogen) atoms. The van der Waals surface area contributed by atoms with Crippen molar-refractivity contribution in [1.29, 1.82) is 0 Å². The first-order valence-electron chi connectivity index (χ1n) is 8.50. The van der Waals surface area contributed by atoms with Gasteiger partial charge in [-0.3, -0.25) is 9.89 Å². The Hall–Kier alpha value is -3.04. The second kappa shape index (κ2) is 8.32. The van der Waals surface area contributed by atoms with E-state index in [0.717, 1.165) is 10.6 Å². The van der Waals surface area contributed by atoms with Crippen LogP contribution >= 0.6 is 22.9 Å². The van der Waals surface area contributed by atoms with Crippen LogP contribution in [0.2, 0.25) is 5.02 Å². The van der Waals surface area contributed by atoms with Gasteiger partial charge in [-0.05, 0) is 30.7 Å². The van der Waals surface area contributed by atoms with Gasteiger partial charge in [-0.1, -0.05) is 16.8 Å². The molecule has 0 atom stereocenters. The number of H-pyrrole nitrogens is 1. The van der Waals surface area contributed by atoms with E-state index in [-0.39, 0.29) is 5.91 Å². The Bertz CT molecular complexity index is 1060. The van der Waals surface area contributed by atoms with Gasteiger partial charge in [-0.15, -0.1) is 11.3 Å². The number of nitrogens with one attached hydrogen (secondary N) is 2. The highest BCUT2D eigenvalue weighted by molar-refractivity contribution is 7.13. The van der Waals surface area contributed by atoms with Crippen LogP contribution in [0.4, 0.5) is 5.69 Å². The minimum atomic E-state index is -0.114. The summed E-state index contributed by atoms with van der Waals surface area (Å²) < 4.78 is 5.26. The molecule has 1 amide bonds. The zero-order valence-corrected chi connectivity index (χ0v) is 16.1. The maximum absolute atomic E-state index is 12.2. The third-order valence-electron chi connectivity index (χ3n) is 3.92. The number of benzene rings is 1. The molecular weight excluding hydrogens is 400 g/mol. The average Bonchev–Trinajstić information content (AvgIpc) is 3.44. The summed E-state index contributed by atoms with van der Waals surface area (Å²) in [4.78, 5) is 20.8. The zero-order valence-electron chi connectivity index (χ0n) is 14.6. The maximum Gasteiger partial charge on any atom is 0.226 e. The molecule has 4 aromatic rings. The predicted molar refractivity (Wildman–Crippen MR) is 106 cm³/mol. The third-order valence-corrected chi connectivity index (χ3v) is 4.97. The topological polar surface area (TPSA) is 110 Å². The van der Waals surface area contributed by atoms with E-state index in [1.807, 2.05) is 17.5 Å². The molecule has 8 nitrogen and oxygen atoms in total. The lowest BCUT2D eigenvalue weighted by atomic mass is 10.2. The summed E-state index contributed by atoms with van der Waals surface area (Å²) in [6.07, 6.45) is 4.69. The molecule has 0 fully saturated rings. The lowest BCUT2D eigenvalue weighted by Gasteiger charge is -2.03. The highest BCUT2D eigenvalue weighted by Gasteiger charge is 2.14. The number of anilines is 1. The molecular formula is C18H15ClN6O2S. The van der Waals surface area contributed by atoms with Gasteiger partial charge in [0, 0.05) is 35.0 Å². The lowest BCUT2D eigenvalue weighted by molar-refractivity contribution is -0.116. The number of thiazole rings is 1. The van der Waals surface area contributed by atoms with E-state index in [2.05, 4.69) is 30.6 Å². The Morgan fingerprint density at radius 2 is 2.14 bits per heavy atom. The molecule has 0 bridgehead atoms. The van der Waals surface area contributed by atoms with E-state index in [1.165, 1.54) is 11.3 Å². The van der Waals surface area contributed by atoms with Gasteiger partial charge in [0.05, 0.1) is 11.9 Å². The van der Waals surface area contributed by atoms with Crippen LogP contribution in [0.25, 0.3) is 22.1 Å². The molecule has 0 unspecified atom stereocenters. The number of aromatic nitrogens is 5. The number of amides is 1. The number of rotatable bonds is 7. The normalized spacial score (nSPS) is 10.9. The van der Waals surface area contributed by atoms with Gasteiger partial charge in [-0.2, -0.15) is 10.1 Å². The summed E-state index contributed by atoms with van der Waals surface area (Å²) in [5.74, 6) is 0.879. The molecule has 0 aliphatic carbocycles. The van der Waals surface area contributed by atoms with Gasteiger partial charge in [0.2, 0.25) is 17.6 Å². The van der Waals surface area contributed by atoms with Crippen molar-refractivity contribution in [3.05, 3.63) is 53.0 Å². The number of aromatic amines is 1. The van der Waals surface area contributed by atoms with E-state index >= 15 is 0 Å². The van der Waals surface area contributed by atoms with Crippen LogP contribution in [0.5, 0.6) is 0 Å². The number of halogens is 1. The number of aryl methyl sites for hydroxylation is 1. The average molecular weight is 415 g/mol. The molecule has 0 aliphatic rings. The van der Waals surface area contributed by atoms with Gasteiger partial charge in [0.15, 0.2) is 0 Å². The van der Waals surface area contributed by atoms with Gasteiger partial charge in [0.1, 0.15) is 10.7 Å². The fourth-order valence-electron chi connectivity index (χ4n) is 2.58. The van der Waals surface area contributed by atoms with Crippen molar-refractivity contribution in [1.82, 2.24) is 25.3 Å². The van der Waals surface area contributed by atoms with Crippen molar-refractivity contribution < 1.29 is 9.32 Å². The Balaban J connectivity index is 1.29. The van der Waals surface area contributed by atoms with Crippen LogP contribution in [0, 0.1) is 0 Å². The summed E-state index contributed by atoms with van der Waals surface area (Å²) in [5, 5.41) is 16.9. The Labute approximate surface area is 169 Å². The maximum atomic E-state index is 12.2. The minimum Gasteiger partial charge on any atom is -0.339 e. The second-order valence-electron chi connectivity index (χ2n) is 5.92. The predicted octanol–water partition coefficient (Wildman–Crippen LogP) is 4.20. The molecule has 0 aliphatic heterocycles. The second-order valence-corrected chi connectivity index (χ2v) is 7.25. The first-order chi connectivity index (χ1) is 13.7. The minimum absolute atomic E-state index is 0.114. The van der Waals surface area contributed by atoms with E-state index in [4.69, 9.17) is 16.1 Å². The van der Waals surface area contributed by atoms with Crippen molar-refractivity contribution in [3.63, 3.8) is 0 Å². The van der Waals surface area contributed by atoms with Crippen LogP contribution in [0.3, 0.4) is 0 Å². The van der Waals surface area contributed by atoms with Crippen LogP contribution < -0.4 is 5.32 Å². The lowest BCUT2D eigenvalue weighted by Crippen LogP contribution is -2.11. The summed E-state index contributed by atoms with van der Waals surface area (Å²) in [5.41, 5.74) is 2.14. The number of carbonyl (C=O) groups excluding carboxylic acids is 1. The molecule has 0 radical (unpaired) electrons. The third kappa shape index (κ3) is 4.26. The molecule has 10 heteroatoms. The summed E-state index contributed by atoms with van der Waals surface area (Å²) in [6.45, 7) is 0. The first-order valence-corrected chi connectivity index (χ1v) is 9.76. The monoisotopic (exact) mass is 414 g/mol. The fraction of sp³-hybridized carbons (Fsp3) is 0.167. The van der Waals surface area contributed by atoms with Crippen molar-refractivity contribution >= 4 is 34.5 Å². The summed E-state index contributed by atoms with van der Waals surface area (Å²) in [7, 11) is 0. The SMILES string of the molecule is O=C(CCCc1nc(-c2ccc(Cl)cc2)no1)Nc1cn[nH]c1-c1nccs1. The van der Waals surface area contributed by atoms with Gasteiger partial charge in [0.25, 0.3) is 0 Å². The van der Waals surface area contributed by atoms with Crippen LogP contribution in [0.1, 0.15) is 18.7 Å². The molecule has 0 saturated heterocycles. The Morgan fingerprint density at radius 3 is 2.93 bits per heavy atom. The molecule has 3 aromatic heterocycles. The van der Waals surface area contributed by atoms with E-state index in [1.54, 1.807) is 24.5 Å². The number of carbonyl (C=O) groups is 1. The Kier molecular flexibility index (Phi) is 5.45. The first kappa shape index (κ1) is 18.3. The quantitative estimate of drug-likeness (QED) is 0.469. The van der Waals surface area contributed by atoms with Gasteiger partial charge >= 0.3 is 0 Å². The molecule has 142 valence electrons. The van der Waals surface area contributed by atoms with Crippen LogP contribution in [-0.4, -0.2) is 31.2 Å². The van der Waals surface area contributed by atoms with E-state index in [9.17, 15) is 4.79 Å². The molecule has 2 N–H and O–H groups in total. The van der Waals surface area contributed by atoms with E-state index in [0.29, 0.717) is 47.4 Å². The number of nitrogens with zero attached hydrogens (tertiary/aromatic N) is 4. The summed E-state index contributed by atoms with van der Waals surface area (Å²) >= 11 is 7.35. The highest BCUT2D eigenvalue weighted by atomic mass is 35.5. The standard InChI is InChI=1S/C18H15ClN6O2S/c19-12-6-4-11(5-7-12)17-23-15(27-25-17)3-1-2-14(26)22-13-10-21-24-16(13)18-20-8-9-28-18/h4-10H,1-3H2,(H,21,24)(H,22,26). The molecule has 1 aromatic carbocycles. The van der Waals surface area contributed by atoms with Crippen molar-refractivity contribution in [2.45, 2.75) is 19.3 Å². The fourth-order valence-corrected chi connectivity index (χ4v) is 3.35. The van der Waals surface area contributed by atoms with Gasteiger partial charge < -0.3 is 9.84 Å². The molecule has 0 saturated carbocycles. The zero-order chi connectivity index (χ0) is 19.3. The molecule has 4 rings (SSSR count). The number of hydrogen-bond acceptors (Lipinski definition) is 7.